The number of aromatic carboxylic acids is 1. The average Bonchev–Trinajstić information content (AvgIpc) is 2.36. The molecule has 0 radical (unpaired) electrons. The van der Waals surface area contributed by atoms with Crippen LogP contribution in [0.15, 0.2) is 6.07 Å². The van der Waals surface area contributed by atoms with E-state index in [0.717, 1.165) is 6.42 Å². The van der Waals surface area contributed by atoms with Crippen molar-refractivity contribution in [2.45, 2.75) is 20.3 Å². The van der Waals surface area contributed by atoms with Crippen molar-refractivity contribution < 1.29 is 14.6 Å². The minimum absolute atomic E-state index is 0.0268. The minimum Gasteiger partial charge on any atom is -0.478 e. The third-order valence-electron chi connectivity index (χ3n) is 2.64. The molecule has 7 heteroatoms. The van der Waals surface area contributed by atoms with Gasteiger partial charge < -0.3 is 14.7 Å². The number of pyridine rings is 1. The van der Waals surface area contributed by atoms with Crippen LogP contribution in [0.5, 0.6) is 0 Å². The Hall–Kier alpha value is -1.04. The molecule has 20 heavy (non-hydrogen) atoms. The van der Waals surface area contributed by atoms with E-state index in [1.165, 1.54) is 6.07 Å². The number of hydrogen-bond donors (Lipinski definition) is 1. The van der Waals surface area contributed by atoms with Crippen molar-refractivity contribution in [2.24, 2.45) is 0 Å². The van der Waals surface area contributed by atoms with Crippen LogP contribution in [-0.2, 0) is 4.74 Å². The number of nitrogens with zero attached hydrogens (tertiary/aromatic N) is 2. The molecule has 0 aromatic carbocycles. The first-order valence-electron chi connectivity index (χ1n) is 6.43. The van der Waals surface area contributed by atoms with Crippen molar-refractivity contribution in [1.29, 1.82) is 0 Å². The molecule has 0 aliphatic carbocycles. The van der Waals surface area contributed by atoms with Gasteiger partial charge in [0.1, 0.15) is 16.5 Å². The summed E-state index contributed by atoms with van der Waals surface area (Å²) >= 11 is 11.9. The van der Waals surface area contributed by atoms with E-state index in [0.29, 0.717) is 26.3 Å². The molecule has 5 nitrogen and oxygen atoms in total. The summed E-state index contributed by atoms with van der Waals surface area (Å²) < 4.78 is 5.31. The molecule has 1 aromatic heterocycles. The second kappa shape index (κ2) is 8.29. The van der Waals surface area contributed by atoms with Gasteiger partial charge in [-0.2, -0.15) is 0 Å². The first-order chi connectivity index (χ1) is 9.51. The van der Waals surface area contributed by atoms with Crippen molar-refractivity contribution in [3.8, 4) is 0 Å². The predicted molar refractivity (Wildman–Crippen MR) is 80.2 cm³/mol. The fraction of sp³-hybridized carbons (Fsp3) is 0.538. The Morgan fingerprint density at radius 2 is 2.10 bits per heavy atom. The summed E-state index contributed by atoms with van der Waals surface area (Å²) in [7, 11) is 0. The van der Waals surface area contributed by atoms with E-state index in [1.54, 1.807) is 0 Å². The zero-order valence-electron chi connectivity index (χ0n) is 11.5. The number of anilines is 1. The molecular formula is C13H18Cl2N2O3. The highest BCUT2D eigenvalue weighted by Crippen LogP contribution is 2.28. The van der Waals surface area contributed by atoms with Crippen LogP contribution >= 0.6 is 23.2 Å². The van der Waals surface area contributed by atoms with Gasteiger partial charge in [0.25, 0.3) is 0 Å². The summed E-state index contributed by atoms with van der Waals surface area (Å²) in [5.74, 6) is -0.830. The Balaban J connectivity index is 3.13. The third-order valence-corrected chi connectivity index (χ3v) is 3.13. The topological polar surface area (TPSA) is 62.7 Å². The van der Waals surface area contributed by atoms with E-state index in [2.05, 4.69) is 4.98 Å². The molecule has 0 saturated carbocycles. The SMILES string of the molecule is CCCN(CCOCC)c1nc(Cl)cc(Cl)c1C(=O)O. The Bertz CT molecular complexity index is 469. The number of carboxylic acid groups (broad SMARTS) is 1. The summed E-state index contributed by atoms with van der Waals surface area (Å²) in [5.41, 5.74) is -0.0268. The van der Waals surface area contributed by atoms with E-state index in [-0.39, 0.29) is 21.6 Å². The Labute approximate surface area is 128 Å². The zero-order chi connectivity index (χ0) is 15.1. The number of rotatable bonds is 8. The summed E-state index contributed by atoms with van der Waals surface area (Å²) in [4.78, 5) is 17.3. The van der Waals surface area contributed by atoms with Gasteiger partial charge >= 0.3 is 5.97 Å². The van der Waals surface area contributed by atoms with Crippen molar-refractivity contribution in [3.63, 3.8) is 0 Å². The van der Waals surface area contributed by atoms with Crippen molar-refractivity contribution >= 4 is 35.0 Å². The number of aromatic nitrogens is 1. The molecule has 1 heterocycles. The highest BCUT2D eigenvalue weighted by atomic mass is 35.5. The summed E-state index contributed by atoms with van der Waals surface area (Å²) in [6.07, 6.45) is 0.844. The highest BCUT2D eigenvalue weighted by molar-refractivity contribution is 6.36. The van der Waals surface area contributed by atoms with Crippen LogP contribution in [0.25, 0.3) is 0 Å². The van der Waals surface area contributed by atoms with Gasteiger partial charge in [0.05, 0.1) is 11.6 Å². The van der Waals surface area contributed by atoms with Crippen LogP contribution < -0.4 is 4.90 Å². The van der Waals surface area contributed by atoms with Gasteiger partial charge in [0.2, 0.25) is 0 Å². The van der Waals surface area contributed by atoms with E-state index in [4.69, 9.17) is 27.9 Å². The molecule has 112 valence electrons. The largest absolute Gasteiger partial charge is 0.478 e. The smallest absolute Gasteiger partial charge is 0.341 e. The molecule has 0 spiro atoms. The van der Waals surface area contributed by atoms with Crippen molar-refractivity contribution in [3.05, 3.63) is 21.8 Å². The molecule has 1 N–H and O–H groups in total. The quantitative estimate of drug-likeness (QED) is 0.588. The molecule has 0 saturated heterocycles. The lowest BCUT2D eigenvalue weighted by Crippen LogP contribution is -2.31. The predicted octanol–water partition coefficient (Wildman–Crippen LogP) is 3.34. The monoisotopic (exact) mass is 320 g/mol. The number of hydrogen-bond acceptors (Lipinski definition) is 4. The first kappa shape index (κ1) is 17.0. The van der Waals surface area contributed by atoms with Gasteiger partial charge in [0.15, 0.2) is 0 Å². The van der Waals surface area contributed by atoms with Crippen molar-refractivity contribution in [1.82, 2.24) is 4.98 Å². The van der Waals surface area contributed by atoms with Crippen LogP contribution in [-0.4, -0.2) is 42.4 Å². The standard InChI is InChI=1S/C13H18Cl2N2O3/c1-3-5-17(6-7-20-4-2)12-11(13(18)19)9(14)8-10(15)16-12/h8H,3-7H2,1-2H3,(H,18,19). The van der Waals surface area contributed by atoms with Crippen LogP contribution in [0, 0.1) is 0 Å². The maximum atomic E-state index is 11.4. The number of carboxylic acids is 1. The lowest BCUT2D eigenvalue weighted by atomic mass is 10.2. The van der Waals surface area contributed by atoms with Gasteiger partial charge in [0, 0.05) is 19.7 Å². The van der Waals surface area contributed by atoms with Gasteiger partial charge in [-0.25, -0.2) is 9.78 Å². The molecule has 0 aliphatic rings. The molecule has 0 fully saturated rings. The van der Waals surface area contributed by atoms with E-state index in [9.17, 15) is 9.90 Å². The van der Waals surface area contributed by atoms with Crippen molar-refractivity contribution in [2.75, 3.05) is 31.2 Å². The van der Waals surface area contributed by atoms with Gasteiger partial charge in [-0.15, -0.1) is 0 Å². The maximum Gasteiger partial charge on any atom is 0.341 e. The van der Waals surface area contributed by atoms with E-state index < -0.39 is 5.97 Å². The van der Waals surface area contributed by atoms with Crippen LogP contribution in [0.2, 0.25) is 10.2 Å². The third kappa shape index (κ3) is 4.51. The Morgan fingerprint density at radius 1 is 1.40 bits per heavy atom. The fourth-order valence-electron chi connectivity index (χ4n) is 1.81. The number of carbonyl (C=O) groups is 1. The lowest BCUT2D eigenvalue weighted by Gasteiger charge is -2.25. The Morgan fingerprint density at radius 3 is 2.65 bits per heavy atom. The second-order valence-electron chi connectivity index (χ2n) is 4.11. The molecule has 0 bridgehead atoms. The zero-order valence-corrected chi connectivity index (χ0v) is 13.0. The van der Waals surface area contributed by atoms with Gasteiger partial charge in [-0.05, 0) is 19.4 Å². The first-order valence-corrected chi connectivity index (χ1v) is 7.18. The van der Waals surface area contributed by atoms with Gasteiger partial charge in [-0.1, -0.05) is 30.1 Å². The molecule has 0 unspecified atom stereocenters. The molecule has 1 rings (SSSR count). The maximum absolute atomic E-state index is 11.4. The van der Waals surface area contributed by atoms with E-state index in [1.807, 2.05) is 18.7 Å². The molecule has 0 amide bonds. The normalized spacial score (nSPS) is 10.6. The van der Waals surface area contributed by atoms with Crippen LogP contribution in [0.3, 0.4) is 0 Å². The molecule has 0 atom stereocenters. The average molecular weight is 321 g/mol. The number of halogens is 2. The minimum atomic E-state index is -1.12. The summed E-state index contributed by atoms with van der Waals surface area (Å²) in [6, 6.07) is 1.34. The number of ether oxygens (including phenoxy) is 1. The molecular weight excluding hydrogens is 303 g/mol. The van der Waals surface area contributed by atoms with Crippen LogP contribution in [0.1, 0.15) is 30.6 Å². The highest BCUT2D eigenvalue weighted by Gasteiger charge is 2.21. The summed E-state index contributed by atoms with van der Waals surface area (Å²) in [5, 5.41) is 9.56. The van der Waals surface area contributed by atoms with Gasteiger partial charge in [-0.3, -0.25) is 0 Å². The van der Waals surface area contributed by atoms with E-state index >= 15 is 0 Å². The lowest BCUT2D eigenvalue weighted by molar-refractivity contribution is 0.0697. The van der Waals surface area contributed by atoms with Crippen LogP contribution in [0.4, 0.5) is 5.82 Å². The fourth-order valence-corrected chi connectivity index (χ4v) is 2.33. The summed E-state index contributed by atoms with van der Waals surface area (Å²) in [6.45, 7) is 6.18. The molecule has 1 aromatic rings. The molecule has 0 aliphatic heterocycles. The second-order valence-corrected chi connectivity index (χ2v) is 4.91. The Kier molecular flexibility index (Phi) is 7.05.